The minimum Gasteiger partial charge on any atom is -0.465 e. The third kappa shape index (κ3) is 6.34. The molecule has 10 nitrogen and oxygen atoms in total. The van der Waals surface area contributed by atoms with Crippen molar-refractivity contribution in [2.45, 2.75) is 50.9 Å². The molecular formula is C33H33N5O5S. The lowest BCUT2D eigenvalue weighted by Crippen LogP contribution is -2.25. The van der Waals surface area contributed by atoms with Crippen LogP contribution >= 0.6 is 0 Å². The zero-order chi connectivity index (χ0) is 30.7. The highest BCUT2D eigenvalue weighted by molar-refractivity contribution is 7.88. The van der Waals surface area contributed by atoms with Crippen LogP contribution in [0.4, 0.5) is 0 Å². The van der Waals surface area contributed by atoms with Gasteiger partial charge in [0.2, 0.25) is 10.0 Å². The van der Waals surface area contributed by atoms with E-state index in [1.54, 1.807) is 17.8 Å². The Bertz CT molecular complexity index is 1860. The van der Waals surface area contributed by atoms with Crippen LogP contribution in [-0.2, 0) is 43.8 Å². The number of hydrogen-bond acceptors (Lipinski definition) is 8. The molecule has 11 heteroatoms. The molecule has 0 amide bonds. The Morgan fingerprint density at radius 3 is 2.30 bits per heavy atom. The van der Waals surface area contributed by atoms with Crippen LogP contribution in [0.25, 0.3) is 22.5 Å². The predicted octanol–water partition coefficient (Wildman–Crippen LogP) is 5.17. The number of carbonyl (C=O) groups is 1. The van der Waals surface area contributed by atoms with Crippen LogP contribution in [-0.4, -0.2) is 41.1 Å². The fraction of sp³-hybridized carbons (Fsp3) is 0.273. The molecule has 0 saturated heterocycles. The highest BCUT2D eigenvalue weighted by atomic mass is 32.2. The molecule has 1 saturated carbocycles. The molecule has 2 aromatic heterocycles. The monoisotopic (exact) mass is 611 g/mol. The number of carbonyl (C=O) groups excluding carboxylic acids is 1. The van der Waals surface area contributed by atoms with Crippen molar-refractivity contribution < 1.29 is 22.5 Å². The Labute approximate surface area is 256 Å². The molecule has 1 N–H and O–H groups in total. The molecule has 5 aromatic rings. The van der Waals surface area contributed by atoms with Gasteiger partial charge in [0.25, 0.3) is 0 Å². The Morgan fingerprint density at radius 2 is 1.64 bits per heavy atom. The second-order valence-corrected chi connectivity index (χ2v) is 12.8. The van der Waals surface area contributed by atoms with Gasteiger partial charge in [-0.2, -0.15) is 0 Å². The van der Waals surface area contributed by atoms with E-state index < -0.39 is 15.4 Å². The molecule has 3 aromatic carbocycles. The number of aromatic nitrogens is 4. The van der Waals surface area contributed by atoms with E-state index in [9.17, 15) is 13.2 Å². The highest BCUT2D eigenvalue weighted by Crippen LogP contribution is 2.49. The fourth-order valence-corrected chi connectivity index (χ4v) is 6.29. The summed E-state index contributed by atoms with van der Waals surface area (Å²) < 4.78 is 41.0. The first-order chi connectivity index (χ1) is 21.3. The van der Waals surface area contributed by atoms with Gasteiger partial charge >= 0.3 is 5.97 Å². The number of ether oxygens (including phenoxy) is 1. The molecular weight excluding hydrogens is 578 g/mol. The van der Waals surface area contributed by atoms with Crippen molar-refractivity contribution >= 4 is 16.0 Å². The summed E-state index contributed by atoms with van der Waals surface area (Å²) in [6.45, 7) is 4.51. The fourth-order valence-electron chi connectivity index (χ4n) is 5.30. The maximum atomic E-state index is 12.9. The normalized spacial score (nSPS) is 14.0. The number of hydrogen-bond donors (Lipinski definition) is 1. The van der Waals surface area contributed by atoms with Gasteiger partial charge in [0.1, 0.15) is 5.75 Å². The van der Waals surface area contributed by atoms with Gasteiger partial charge in [-0.15, -0.1) is 5.10 Å². The molecule has 0 radical (unpaired) electrons. The number of esters is 1. The van der Waals surface area contributed by atoms with Crippen molar-refractivity contribution in [1.82, 2.24) is 24.9 Å². The summed E-state index contributed by atoms with van der Waals surface area (Å²) in [4.78, 5) is 12.4. The lowest BCUT2D eigenvalue weighted by atomic mass is 9.93. The minimum absolute atomic E-state index is 0.0244. The molecule has 0 spiro atoms. The zero-order valence-electron chi connectivity index (χ0n) is 24.6. The maximum Gasteiger partial charge on any atom is 0.316 e. The summed E-state index contributed by atoms with van der Waals surface area (Å²) >= 11 is 0. The van der Waals surface area contributed by atoms with E-state index in [1.165, 1.54) is 0 Å². The van der Waals surface area contributed by atoms with Gasteiger partial charge in [0, 0.05) is 23.9 Å². The van der Waals surface area contributed by atoms with Crippen LogP contribution in [0.15, 0.2) is 89.6 Å². The van der Waals surface area contributed by atoms with Gasteiger partial charge in [-0.05, 0) is 48.9 Å². The SMILES string of the molecule is CCOC(=O)C1(c2ccc(-c3ccc(-c4onc(C)c4CNS(=O)(=O)Cc4cn(Cc5ccccc5)nn4)cc3)cc2)CC1. The standard InChI is InChI=1S/C33H33N5O5S/c1-3-42-32(39)33(17-18-33)28-15-13-26(14-16-28)25-9-11-27(12-10-25)31-30(23(2)36-43-31)19-34-44(40,41)22-29-21-38(37-35-29)20-24-7-5-4-6-8-24/h4-16,21,34H,3,17-20,22H2,1-2H3. The lowest BCUT2D eigenvalue weighted by Gasteiger charge is -2.14. The second kappa shape index (κ2) is 12.2. The van der Waals surface area contributed by atoms with E-state index in [1.807, 2.05) is 85.8 Å². The average Bonchev–Trinajstić information content (AvgIpc) is 3.61. The van der Waals surface area contributed by atoms with E-state index in [-0.39, 0.29) is 18.3 Å². The van der Waals surface area contributed by atoms with Crippen molar-refractivity contribution in [3.05, 3.63) is 113 Å². The Hall–Kier alpha value is -4.61. The Kier molecular flexibility index (Phi) is 8.15. The summed E-state index contributed by atoms with van der Waals surface area (Å²) in [5, 5.41) is 12.2. The molecule has 0 unspecified atom stereocenters. The number of sulfonamides is 1. The van der Waals surface area contributed by atoms with Gasteiger partial charge in [-0.3, -0.25) is 4.79 Å². The van der Waals surface area contributed by atoms with Crippen LogP contribution in [0.5, 0.6) is 0 Å². The smallest absolute Gasteiger partial charge is 0.316 e. The number of rotatable bonds is 12. The van der Waals surface area contributed by atoms with E-state index >= 15 is 0 Å². The summed E-state index contributed by atoms with van der Waals surface area (Å²) in [6, 6.07) is 25.6. The van der Waals surface area contributed by atoms with E-state index in [2.05, 4.69) is 20.2 Å². The summed E-state index contributed by atoms with van der Waals surface area (Å²) in [5.74, 6) is 0.0609. The quantitative estimate of drug-likeness (QED) is 0.191. The van der Waals surface area contributed by atoms with Crippen molar-refractivity contribution in [2.24, 2.45) is 0 Å². The predicted molar refractivity (Wildman–Crippen MR) is 165 cm³/mol. The average molecular weight is 612 g/mol. The van der Waals surface area contributed by atoms with Crippen molar-refractivity contribution in [1.29, 1.82) is 0 Å². The minimum atomic E-state index is -3.71. The molecule has 0 atom stereocenters. The van der Waals surface area contributed by atoms with Gasteiger partial charge in [-0.25, -0.2) is 17.8 Å². The van der Waals surface area contributed by atoms with Crippen LogP contribution in [0.2, 0.25) is 0 Å². The third-order valence-electron chi connectivity index (χ3n) is 7.90. The maximum absolute atomic E-state index is 12.9. The van der Waals surface area contributed by atoms with Crippen LogP contribution in [0, 0.1) is 6.92 Å². The van der Waals surface area contributed by atoms with Gasteiger partial charge < -0.3 is 9.26 Å². The van der Waals surface area contributed by atoms with Crippen LogP contribution < -0.4 is 4.72 Å². The van der Waals surface area contributed by atoms with E-state index in [0.29, 0.717) is 35.9 Å². The topological polar surface area (TPSA) is 129 Å². The summed E-state index contributed by atoms with van der Waals surface area (Å²) in [6.07, 6.45) is 3.26. The first kappa shape index (κ1) is 29.5. The van der Waals surface area contributed by atoms with Crippen molar-refractivity contribution in [3.63, 3.8) is 0 Å². The van der Waals surface area contributed by atoms with Crippen molar-refractivity contribution in [3.8, 4) is 22.5 Å². The largest absolute Gasteiger partial charge is 0.465 e. The second-order valence-electron chi connectivity index (χ2n) is 11.0. The number of nitrogens with zero attached hydrogens (tertiary/aromatic N) is 4. The third-order valence-corrected chi connectivity index (χ3v) is 9.16. The van der Waals surface area contributed by atoms with E-state index in [0.717, 1.165) is 40.7 Å². The lowest BCUT2D eigenvalue weighted by molar-refractivity contribution is -0.146. The molecule has 2 heterocycles. The molecule has 226 valence electrons. The van der Waals surface area contributed by atoms with Gasteiger partial charge in [0.15, 0.2) is 5.76 Å². The van der Waals surface area contributed by atoms with E-state index in [4.69, 9.17) is 9.26 Å². The molecule has 44 heavy (non-hydrogen) atoms. The van der Waals surface area contributed by atoms with Gasteiger partial charge in [0.05, 0.1) is 30.0 Å². The Morgan fingerprint density at radius 1 is 0.977 bits per heavy atom. The molecule has 6 rings (SSSR count). The molecule has 1 aliphatic rings. The molecule has 0 aliphatic heterocycles. The first-order valence-corrected chi connectivity index (χ1v) is 16.2. The molecule has 1 fully saturated rings. The zero-order valence-corrected chi connectivity index (χ0v) is 25.4. The van der Waals surface area contributed by atoms with Gasteiger partial charge in [-0.1, -0.05) is 89.2 Å². The van der Waals surface area contributed by atoms with Crippen molar-refractivity contribution in [2.75, 3.05) is 6.61 Å². The molecule has 1 aliphatic carbocycles. The first-order valence-electron chi connectivity index (χ1n) is 14.5. The number of nitrogens with one attached hydrogen (secondary N) is 1. The summed E-state index contributed by atoms with van der Waals surface area (Å²) in [5.41, 5.74) is 5.94. The highest BCUT2D eigenvalue weighted by Gasteiger charge is 2.52. The van der Waals surface area contributed by atoms with Crippen LogP contribution in [0.3, 0.4) is 0 Å². The molecule has 0 bridgehead atoms. The number of benzene rings is 3. The Balaban J connectivity index is 1.10. The van der Waals surface area contributed by atoms with Crippen LogP contribution in [0.1, 0.15) is 47.8 Å². The summed E-state index contributed by atoms with van der Waals surface area (Å²) in [7, 11) is -3.71. The number of aryl methyl sites for hydroxylation is 1.